The zero-order valence-corrected chi connectivity index (χ0v) is 16.9. The first-order chi connectivity index (χ1) is 15.2. The molecule has 32 heavy (non-hydrogen) atoms. The van der Waals surface area contributed by atoms with Gasteiger partial charge in [-0.2, -0.15) is 0 Å². The third kappa shape index (κ3) is 5.87. The lowest BCUT2D eigenvalue weighted by Gasteiger charge is -2.41. The van der Waals surface area contributed by atoms with Gasteiger partial charge in [0.05, 0.1) is 19.4 Å². The van der Waals surface area contributed by atoms with Crippen LogP contribution in [0, 0.1) is 0 Å². The summed E-state index contributed by atoms with van der Waals surface area (Å²) in [4.78, 5) is 36.0. The highest BCUT2D eigenvalue weighted by molar-refractivity contribution is 6.00. The number of aliphatic hydroxyl groups is 4. The summed E-state index contributed by atoms with van der Waals surface area (Å²) in [5.74, 6) is -2.12. The summed E-state index contributed by atoms with van der Waals surface area (Å²) in [5, 5.41) is 40.3. The van der Waals surface area contributed by atoms with Gasteiger partial charge in [-0.1, -0.05) is 30.3 Å². The first kappa shape index (κ1) is 23.8. The van der Waals surface area contributed by atoms with Crippen LogP contribution in [0.1, 0.15) is 12.0 Å². The smallest absolute Gasteiger partial charge is 0.311 e. The van der Waals surface area contributed by atoms with Gasteiger partial charge in [0.15, 0.2) is 11.9 Å². The molecule has 0 aromatic heterocycles. The van der Waals surface area contributed by atoms with Gasteiger partial charge in [0, 0.05) is 0 Å². The number of carbonyl (C=O) groups is 3. The summed E-state index contributed by atoms with van der Waals surface area (Å²) >= 11 is 0. The lowest BCUT2D eigenvalue weighted by molar-refractivity contribution is -0.296. The SMILES string of the molecule is O=C1C=CC(O)(CC(=O)O[C@@H]2O[C@H](CO)[C@@H](O)[C@H](O)[C@@H]2OC(=O)Cc2ccccc2)C=C1. The van der Waals surface area contributed by atoms with Crippen molar-refractivity contribution in [1.29, 1.82) is 0 Å². The highest BCUT2D eigenvalue weighted by atomic mass is 16.7. The van der Waals surface area contributed by atoms with Crippen LogP contribution in [-0.2, 0) is 35.0 Å². The standard InChI is InChI=1S/C22H24O10/c23-12-15-18(27)19(28)20(31-16(25)10-13-4-2-1-3-5-13)21(30-15)32-17(26)11-22(29)8-6-14(24)7-9-22/h1-9,15,18-21,23,27-29H,10-12H2/t15-,18-,19+,20+,21+/m1/s1. The summed E-state index contributed by atoms with van der Waals surface area (Å²) in [7, 11) is 0. The number of hydrogen-bond donors (Lipinski definition) is 4. The number of esters is 2. The predicted molar refractivity (Wildman–Crippen MR) is 107 cm³/mol. The molecule has 0 unspecified atom stereocenters. The second-order valence-electron chi connectivity index (χ2n) is 7.55. The number of ether oxygens (including phenoxy) is 3. The van der Waals surface area contributed by atoms with Crippen molar-refractivity contribution in [2.45, 2.75) is 49.1 Å². The molecule has 0 radical (unpaired) electrons. The van der Waals surface area contributed by atoms with Crippen LogP contribution < -0.4 is 0 Å². The molecule has 0 bridgehead atoms. The number of rotatable bonds is 7. The van der Waals surface area contributed by atoms with E-state index >= 15 is 0 Å². The van der Waals surface area contributed by atoms with E-state index < -0.39 is 61.3 Å². The van der Waals surface area contributed by atoms with Gasteiger partial charge in [-0.3, -0.25) is 14.4 Å². The Morgan fingerprint density at radius 3 is 2.28 bits per heavy atom. The molecular formula is C22H24O10. The van der Waals surface area contributed by atoms with Gasteiger partial charge in [-0.15, -0.1) is 0 Å². The number of benzene rings is 1. The summed E-state index contributed by atoms with van der Waals surface area (Å²) < 4.78 is 15.8. The Morgan fingerprint density at radius 2 is 1.66 bits per heavy atom. The highest BCUT2D eigenvalue weighted by Crippen LogP contribution is 2.27. The highest BCUT2D eigenvalue weighted by Gasteiger charge is 2.48. The lowest BCUT2D eigenvalue weighted by Crippen LogP contribution is -2.61. The fraction of sp³-hybridized carbons (Fsp3) is 0.409. The van der Waals surface area contributed by atoms with Crippen LogP contribution >= 0.6 is 0 Å². The van der Waals surface area contributed by atoms with Gasteiger partial charge in [-0.25, -0.2) is 0 Å². The number of hydrogen-bond acceptors (Lipinski definition) is 10. The van der Waals surface area contributed by atoms with Crippen LogP contribution in [0.2, 0.25) is 0 Å². The molecule has 1 saturated heterocycles. The lowest BCUT2D eigenvalue weighted by atomic mass is 9.94. The van der Waals surface area contributed by atoms with E-state index in [4.69, 9.17) is 14.2 Å². The fourth-order valence-electron chi connectivity index (χ4n) is 3.32. The topological polar surface area (TPSA) is 160 Å². The molecule has 4 N–H and O–H groups in total. The van der Waals surface area contributed by atoms with Crippen LogP contribution in [0.4, 0.5) is 0 Å². The zero-order valence-electron chi connectivity index (χ0n) is 16.9. The van der Waals surface area contributed by atoms with Gasteiger partial charge in [-0.05, 0) is 29.9 Å². The first-order valence-electron chi connectivity index (χ1n) is 9.91. The minimum Gasteiger partial charge on any atom is -0.452 e. The second-order valence-corrected chi connectivity index (χ2v) is 7.55. The molecule has 1 aromatic carbocycles. The van der Waals surface area contributed by atoms with E-state index in [1.165, 1.54) is 0 Å². The average Bonchev–Trinajstić information content (AvgIpc) is 2.76. The van der Waals surface area contributed by atoms with E-state index in [0.29, 0.717) is 5.56 Å². The van der Waals surface area contributed by atoms with Crippen molar-refractivity contribution in [1.82, 2.24) is 0 Å². The molecule has 1 aliphatic carbocycles. The monoisotopic (exact) mass is 448 g/mol. The summed E-state index contributed by atoms with van der Waals surface area (Å²) in [6.45, 7) is -0.700. The van der Waals surface area contributed by atoms with Crippen LogP contribution in [0.5, 0.6) is 0 Å². The van der Waals surface area contributed by atoms with Crippen molar-refractivity contribution < 1.29 is 49.0 Å². The minimum absolute atomic E-state index is 0.145. The van der Waals surface area contributed by atoms with E-state index in [-0.39, 0.29) is 12.2 Å². The Morgan fingerprint density at radius 1 is 1.00 bits per heavy atom. The van der Waals surface area contributed by atoms with E-state index in [1.54, 1.807) is 30.3 Å². The number of allylic oxidation sites excluding steroid dienone is 2. The maximum absolute atomic E-state index is 12.4. The number of ketones is 1. The van der Waals surface area contributed by atoms with Crippen LogP contribution in [-0.4, -0.2) is 81.1 Å². The van der Waals surface area contributed by atoms with Gasteiger partial charge in [0.1, 0.15) is 23.9 Å². The van der Waals surface area contributed by atoms with Gasteiger partial charge >= 0.3 is 11.9 Å². The molecule has 1 aliphatic heterocycles. The predicted octanol–water partition coefficient (Wildman–Crippen LogP) is -1.06. The van der Waals surface area contributed by atoms with Gasteiger partial charge in [0.25, 0.3) is 0 Å². The molecule has 3 rings (SSSR count). The fourth-order valence-corrected chi connectivity index (χ4v) is 3.32. The largest absolute Gasteiger partial charge is 0.452 e. The van der Waals surface area contributed by atoms with Crippen molar-refractivity contribution >= 4 is 17.7 Å². The normalized spacial score (nSPS) is 28.9. The van der Waals surface area contributed by atoms with E-state index in [0.717, 1.165) is 24.3 Å². The Labute approximate surface area is 183 Å². The third-order valence-corrected chi connectivity index (χ3v) is 5.03. The van der Waals surface area contributed by atoms with Crippen molar-refractivity contribution in [3.8, 4) is 0 Å². The first-order valence-corrected chi connectivity index (χ1v) is 9.91. The Balaban J connectivity index is 1.70. The quantitative estimate of drug-likeness (QED) is 0.379. The summed E-state index contributed by atoms with van der Waals surface area (Å²) in [6, 6.07) is 8.62. The molecule has 0 amide bonds. The summed E-state index contributed by atoms with van der Waals surface area (Å²) in [6.07, 6.45) is -4.15. The van der Waals surface area contributed by atoms with Crippen LogP contribution in [0.25, 0.3) is 0 Å². The van der Waals surface area contributed by atoms with E-state index in [1.807, 2.05) is 0 Å². The van der Waals surface area contributed by atoms with Crippen molar-refractivity contribution in [3.05, 3.63) is 60.2 Å². The van der Waals surface area contributed by atoms with Crippen molar-refractivity contribution in [3.63, 3.8) is 0 Å². The van der Waals surface area contributed by atoms with Gasteiger partial charge < -0.3 is 34.6 Å². The minimum atomic E-state index is -1.77. The molecule has 172 valence electrons. The maximum Gasteiger partial charge on any atom is 0.311 e. The molecule has 10 nitrogen and oxygen atoms in total. The van der Waals surface area contributed by atoms with Gasteiger partial charge in [0.2, 0.25) is 6.29 Å². The van der Waals surface area contributed by atoms with Crippen LogP contribution in [0.3, 0.4) is 0 Å². The Bertz CT molecular complexity index is 877. The zero-order chi connectivity index (χ0) is 23.3. The van der Waals surface area contributed by atoms with Crippen molar-refractivity contribution in [2.24, 2.45) is 0 Å². The maximum atomic E-state index is 12.4. The molecule has 2 aliphatic rings. The number of aliphatic hydroxyl groups excluding tert-OH is 3. The molecule has 10 heteroatoms. The molecule has 1 aromatic rings. The molecule has 0 saturated carbocycles. The Kier molecular flexibility index (Phi) is 7.54. The number of carbonyl (C=O) groups excluding carboxylic acids is 3. The molecule has 5 atom stereocenters. The molecule has 1 heterocycles. The van der Waals surface area contributed by atoms with Crippen molar-refractivity contribution in [2.75, 3.05) is 6.61 Å². The summed E-state index contributed by atoms with van der Waals surface area (Å²) in [5.41, 5.74) is -1.13. The second kappa shape index (κ2) is 10.2. The molecule has 1 fully saturated rings. The van der Waals surface area contributed by atoms with E-state index in [2.05, 4.69) is 0 Å². The Hall–Kier alpha value is -2.89. The molecule has 0 spiro atoms. The van der Waals surface area contributed by atoms with E-state index in [9.17, 15) is 34.8 Å². The molecular weight excluding hydrogens is 424 g/mol. The average molecular weight is 448 g/mol. The third-order valence-electron chi connectivity index (χ3n) is 5.03. The van der Waals surface area contributed by atoms with Crippen LogP contribution in [0.15, 0.2) is 54.6 Å².